The predicted molar refractivity (Wildman–Crippen MR) is 88.9 cm³/mol. The van der Waals surface area contributed by atoms with Crippen molar-refractivity contribution in [2.45, 2.75) is 12.8 Å². The van der Waals surface area contributed by atoms with Crippen LogP contribution in [-0.4, -0.2) is 22.5 Å². The third-order valence-corrected chi connectivity index (χ3v) is 3.75. The van der Waals surface area contributed by atoms with Crippen molar-refractivity contribution in [2.24, 2.45) is 0 Å². The summed E-state index contributed by atoms with van der Waals surface area (Å²) in [6, 6.07) is 12.0. The van der Waals surface area contributed by atoms with Crippen molar-refractivity contribution in [2.75, 3.05) is 7.11 Å². The molecule has 0 saturated heterocycles. The van der Waals surface area contributed by atoms with E-state index in [1.165, 1.54) is 13.2 Å². The normalized spacial score (nSPS) is 11.1. The Bertz CT molecular complexity index is 993. The Morgan fingerprint density at radius 3 is 2.67 bits per heavy atom. The second kappa shape index (κ2) is 7.37. The van der Waals surface area contributed by atoms with Crippen LogP contribution in [-0.2, 0) is 12.8 Å². The number of ether oxygens (including phenoxy) is 2. The quantitative estimate of drug-likeness (QED) is 0.731. The Labute approximate surface area is 152 Å². The van der Waals surface area contributed by atoms with Crippen LogP contribution in [0.1, 0.15) is 16.8 Å². The first-order valence-electron chi connectivity index (χ1n) is 7.71. The summed E-state index contributed by atoms with van der Waals surface area (Å²) in [6.07, 6.45) is -4.59. The maximum atomic E-state index is 13.3. The minimum Gasteiger partial charge on any atom is -0.496 e. The third-order valence-electron chi connectivity index (χ3n) is 3.75. The van der Waals surface area contributed by atoms with E-state index in [1.54, 1.807) is 30.3 Å². The van der Waals surface area contributed by atoms with E-state index in [4.69, 9.17) is 14.7 Å². The molecule has 1 aromatic heterocycles. The number of nitrogens with one attached hydrogen (secondary N) is 1. The molecule has 2 aromatic carbocycles. The highest BCUT2D eigenvalue weighted by atomic mass is 19.4. The van der Waals surface area contributed by atoms with Gasteiger partial charge in [-0.2, -0.15) is 18.4 Å². The number of H-pyrrole nitrogens is 1. The fourth-order valence-corrected chi connectivity index (χ4v) is 2.47. The minimum absolute atomic E-state index is 0.00862. The van der Waals surface area contributed by atoms with Crippen molar-refractivity contribution in [1.82, 2.24) is 15.4 Å². The number of rotatable bonds is 5. The van der Waals surface area contributed by atoms with E-state index in [-0.39, 0.29) is 29.3 Å². The molecule has 0 saturated carbocycles. The Morgan fingerprint density at radius 1 is 1.19 bits per heavy atom. The van der Waals surface area contributed by atoms with E-state index in [0.717, 1.165) is 12.1 Å². The first kappa shape index (κ1) is 18.3. The molecule has 3 aromatic rings. The molecule has 0 unspecified atom stereocenters. The highest BCUT2D eigenvalue weighted by Crippen LogP contribution is 2.36. The molecule has 3 rings (SSSR count). The molecule has 0 amide bonds. The molecule has 1 N–H and O–H groups in total. The van der Waals surface area contributed by atoms with Gasteiger partial charge in [-0.3, -0.25) is 0 Å². The molecule has 0 radical (unpaired) electrons. The van der Waals surface area contributed by atoms with Crippen LogP contribution in [0, 0.1) is 11.3 Å². The number of nitrogens with zero attached hydrogens (tertiary/aromatic N) is 3. The van der Waals surface area contributed by atoms with E-state index in [2.05, 4.69) is 15.4 Å². The number of aromatic nitrogens is 3. The summed E-state index contributed by atoms with van der Waals surface area (Å²) in [6.45, 7) is 0.00862. The van der Waals surface area contributed by atoms with Gasteiger partial charge in [0.15, 0.2) is 5.69 Å². The lowest BCUT2D eigenvalue weighted by Crippen LogP contribution is -2.06. The maximum absolute atomic E-state index is 13.3. The number of hydrogen-bond acceptors (Lipinski definition) is 5. The predicted octanol–water partition coefficient (Wildman–Crippen LogP) is 3.95. The Balaban J connectivity index is 1.97. The Kier molecular flexibility index (Phi) is 4.98. The molecule has 0 atom stereocenters. The van der Waals surface area contributed by atoms with Crippen LogP contribution in [0.4, 0.5) is 13.2 Å². The summed E-state index contributed by atoms with van der Waals surface area (Å²) >= 11 is 0. The fraction of sp³-hybridized carbons (Fsp3) is 0.167. The Hall–Kier alpha value is -3.54. The first-order chi connectivity index (χ1) is 12.9. The summed E-state index contributed by atoms with van der Waals surface area (Å²) in [5.41, 5.74) is -0.180. The monoisotopic (exact) mass is 374 g/mol. The van der Waals surface area contributed by atoms with Gasteiger partial charge in [0, 0.05) is 11.1 Å². The van der Waals surface area contributed by atoms with E-state index >= 15 is 0 Å². The van der Waals surface area contributed by atoms with Crippen molar-refractivity contribution in [3.63, 3.8) is 0 Å². The summed E-state index contributed by atoms with van der Waals surface area (Å²) in [7, 11) is 1.50. The zero-order valence-corrected chi connectivity index (χ0v) is 14.0. The number of para-hydroxylation sites is 1. The zero-order chi connectivity index (χ0) is 19.4. The van der Waals surface area contributed by atoms with Crippen LogP contribution in [0.5, 0.6) is 11.5 Å². The van der Waals surface area contributed by atoms with Gasteiger partial charge in [0.2, 0.25) is 0 Å². The molecule has 27 heavy (non-hydrogen) atoms. The summed E-state index contributed by atoms with van der Waals surface area (Å²) in [4.78, 5) is 0. The largest absolute Gasteiger partial charge is 0.496 e. The van der Waals surface area contributed by atoms with Crippen molar-refractivity contribution < 1.29 is 22.6 Å². The number of benzene rings is 2. The standard InChI is InChI=1S/C18H13F3N4O2/c1-26-16-5-3-2-4-11(16)10-27-14-7-12(6-13(8-14)18(19,20)21)17-15(9-22)23-25-24-17/h2-8H,10H2,1H3,(H,23,24,25). The highest BCUT2D eigenvalue weighted by Gasteiger charge is 2.32. The van der Waals surface area contributed by atoms with Crippen LogP contribution in [0.2, 0.25) is 0 Å². The van der Waals surface area contributed by atoms with Gasteiger partial charge in [0.1, 0.15) is 29.9 Å². The lowest BCUT2D eigenvalue weighted by atomic mass is 10.1. The molecule has 0 aliphatic heterocycles. The van der Waals surface area contributed by atoms with Crippen molar-refractivity contribution in [3.05, 3.63) is 59.3 Å². The maximum Gasteiger partial charge on any atom is 0.416 e. The van der Waals surface area contributed by atoms with Gasteiger partial charge in [0.05, 0.1) is 12.7 Å². The van der Waals surface area contributed by atoms with Gasteiger partial charge in [-0.1, -0.05) is 23.4 Å². The van der Waals surface area contributed by atoms with Crippen LogP contribution < -0.4 is 9.47 Å². The number of nitriles is 1. The number of hydrogen-bond donors (Lipinski definition) is 1. The van der Waals surface area contributed by atoms with E-state index in [9.17, 15) is 13.2 Å². The average Bonchev–Trinajstić information content (AvgIpc) is 3.14. The smallest absolute Gasteiger partial charge is 0.416 e. The molecule has 0 spiro atoms. The lowest BCUT2D eigenvalue weighted by molar-refractivity contribution is -0.137. The van der Waals surface area contributed by atoms with Gasteiger partial charge in [-0.05, 0) is 24.3 Å². The van der Waals surface area contributed by atoms with Gasteiger partial charge in [0.25, 0.3) is 0 Å². The van der Waals surface area contributed by atoms with Gasteiger partial charge < -0.3 is 9.47 Å². The average molecular weight is 374 g/mol. The topological polar surface area (TPSA) is 83.8 Å². The molecular weight excluding hydrogens is 361 g/mol. The lowest BCUT2D eigenvalue weighted by Gasteiger charge is -2.14. The second-order valence-electron chi connectivity index (χ2n) is 5.49. The van der Waals surface area contributed by atoms with Crippen LogP contribution >= 0.6 is 0 Å². The summed E-state index contributed by atoms with van der Waals surface area (Å²) in [5.74, 6) is 0.547. The molecule has 138 valence electrons. The highest BCUT2D eigenvalue weighted by molar-refractivity contribution is 5.67. The number of aromatic amines is 1. The van der Waals surface area contributed by atoms with Crippen LogP contribution in [0.15, 0.2) is 42.5 Å². The van der Waals surface area contributed by atoms with Crippen LogP contribution in [0.25, 0.3) is 11.3 Å². The molecular formula is C18H13F3N4O2. The molecule has 1 heterocycles. The number of methoxy groups -OCH3 is 1. The molecule has 0 aliphatic carbocycles. The zero-order valence-electron chi connectivity index (χ0n) is 14.0. The van der Waals surface area contributed by atoms with Crippen molar-refractivity contribution in [3.8, 4) is 28.8 Å². The Morgan fingerprint density at radius 2 is 1.96 bits per heavy atom. The fourth-order valence-electron chi connectivity index (χ4n) is 2.47. The van der Waals surface area contributed by atoms with Crippen molar-refractivity contribution in [1.29, 1.82) is 5.26 Å². The van der Waals surface area contributed by atoms with Gasteiger partial charge >= 0.3 is 6.18 Å². The number of alkyl halides is 3. The molecule has 9 heteroatoms. The first-order valence-corrected chi connectivity index (χ1v) is 7.71. The second-order valence-corrected chi connectivity index (χ2v) is 5.49. The molecule has 6 nitrogen and oxygen atoms in total. The molecule has 0 aliphatic rings. The summed E-state index contributed by atoms with van der Waals surface area (Å²) < 4.78 is 50.6. The SMILES string of the molecule is COc1ccccc1COc1cc(-c2nn[nH]c2C#N)cc(C(F)(F)F)c1. The molecule has 0 bridgehead atoms. The van der Waals surface area contributed by atoms with Crippen molar-refractivity contribution >= 4 is 0 Å². The van der Waals surface area contributed by atoms with Crippen LogP contribution in [0.3, 0.4) is 0 Å². The molecule has 0 fully saturated rings. The third kappa shape index (κ3) is 4.00. The number of halogens is 3. The summed E-state index contributed by atoms with van der Waals surface area (Å²) in [5, 5.41) is 18.6. The van der Waals surface area contributed by atoms with E-state index in [1.807, 2.05) is 0 Å². The minimum atomic E-state index is -4.59. The van der Waals surface area contributed by atoms with E-state index < -0.39 is 11.7 Å². The van der Waals surface area contributed by atoms with E-state index in [0.29, 0.717) is 11.3 Å². The van der Waals surface area contributed by atoms with Gasteiger partial charge in [-0.15, -0.1) is 5.10 Å². The van der Waals surface area contributed by atoms with Gasteiger partial charge in [-0.25, -0.2) is 5.10 Å².